The molecule has 5 nitrogen and oxygen atoms in total. The SMILES string of the molecule is c1ccc([C@@H]2CCCN2Cc2nnc(-c3ccco3)o2)cc1. The Morgan fingerprint density at radius 2 is 2.00 bits per heavy atom. The van der Waals surface area contributed by atoms with Gasteiger partial charge in [0.05, 0.1) is 12.8 Å². The van der Waals surface area contributed by atoms with Gasteiger partial charge in [0.25, 0.3) is 5.89 Å². The zero-order chi connectivity index (χ0) is 14.8. The van der Waals surface area contributed by atoms with Crippen LogP contribution in [0.5, 0.6) is 0 Å². The van der Waals surface area contributed by atoms with Crippen molar-refractivity contribution in [3.05, 3.63) is 60.2 Å². The van der Waals surface area contributed by atoms with Crippen LogP contribution in [-0.4, -0.2) is 21.6 Å². The summed E-state index contributed by atoms with van der Waals surface area (Å²) in [6.07, 6.45) is 3.97. The zero-order valence-corrected chi connectivity index (χ0v) is 12.2. The van der Waals surface area contributed by atoms with Gasteiger partial charge in [-0.25, -0.2) is 0 Å². The minimum absolute atomic E-state index is 0.431. The Labute approximate surface area is 128 Å². The van der Waals surface area contributed by atoms with Crippen molar-refractivity contribution in [3.63, 3.8) is 0 Å². The molecule has 3 heterocycles. The molecule has 4 rings (SSSR count). The van der Waals surface area contributed by atoms with Crippen molar-refractivity contribution in [2.24, 2.45) is 0 Å². The van der Waals surface area contributed by atoms with E-state index in [0.717, 1.165) is 6.54 Å². The van der Waals surface area contributed by atoms with Gasteiger partial charge in [-0.2, -0.15) is 0 Å². The van der Waals surface area contributed by atoms with Crippen LogP contribution in [0.2, 0.25) is 0 Å². The highest BCUT2D eigenvalue weighted by atomic mass is 16.4. The lowest BCUT2D eigenvalue weighted by molar-refractivity contribution is 0.224. The van der Waals surface area contributed by atoms with Gasteiger partial charge in [-0.05, 0) is 37.1 Å². The number of hydrogen-bond donors (Lipinski definition) is 0. The molecule has 1 aliphatic rings. The number of furan rings is 1. The molecule has 0 saturated carbocycles. The Bertz CT molecular complexity index is 721. The lowest BCUT2D eigenvalue weighted by Gasteiger charge is -2.23. The third-order valence-electron chi connectivity index (χ3n) is 4.09. The van der Waals surface area contributed by atoms with Crippen LogP contribution >= 0.6 is 0 Å². The molecule has 1 aliphatic heterocycles. The smallest absolute Gasteiger partial charge is 0.283 e. The first-order valence-corrected chi connectivity index (χ1v) is 7.55. The largest absolute Gasteiger partial charge is 0.459 e. The van der Waals surface area contributed by atoms with Gasteiger partial charge >= 0.3 is 0 Å². The summed E-state index contributed by atoms with van der Waals surface area (Å²) < 4.78 is 11.0. The third-order valence-corrected chi connectivity index (χ3v) is 4.09. The summed E-state index contributed by atoms with van der Waals surface area (Å²) in [5.41, 5.74) is 1.35. The van der Waals surface area contributed by atoms with E-state index in [-0.39, 0.29) is 0 Å². The van der Waals surface area contributed by atoms with Crippen LogP contribution in [0.25, 0.3) is 11.7 Å². The van der Waals surface area contributed by atoms with E-state index in [1.54, 1.807) is 6.26 Å². The molecule has 1 aromatic carbocycles. The normalized spacial score (nSPS) is 18.8. The number of hydrogen-bond acceptors (Lipinski definition) is 5. The summed E-state index contributed by atoms with van der Waals surface area (Å²) in [5.74, 6) is 1.68. The summed E-state index contributed by atoms with van der Waals surface area (Å²) in [4.78, 5) is 2.40. The molecule has 0 amide bonds. The maximum atomic E-state index is 5.72. The summed E-state index contributed by atoms with van der Waals surface area (Å²) in [6, 6.07) is 14.7. The fourth-order valence-electron chi connectivity index (χ4n) is 3.06. The number of nitrogens with zero attached hydrogens (tertiary/aromatic N) is 3. The first-order valence-electron chi connectivity index (χ1n) is 7.55. The highest BCUT2D eigenvalue weighted by molar-refractivity contribution is 5.42. The Balaban J connectivity index is 1.51. The summed E-state index contributed by atoms with van der Waals surface area (Å²) >= 11 is 0. The molecule has 0 radical (unpaired) electrons. The summed E-state index contributed by atoms with van der Waals surface area (Å²) in [6.45, 7) is 1.73. The van der Waals surface area contributed by atoms with Crippen molar-refractivity contribution in [2.45, 2.75) is 25.4 Å². The van der Waals surface area contributed by atoms with Gasteiger partial charge in [-0.1, -0.05) is 30.3 Å². The van der Waals surface area contributed by atoms with Crippen molar-refractivity contribution in [1.29, 1.82) is 0 Å². The molecule has 1 fully saturated rings. The summed E-state index contributed by atoms with van der Waals surface area (Å²) in [7, 11) is 0. The van der Waals surface area contributed by atoms with Crippen LogP contribution < -0.4 is 0 Å². The molecule has 0 bridgehead atoms. The molecular formula is C17H17N3O2. The average molecular weight is 295 g/mol. The van der Waals surface area contributed by atoms with Crippen LogP contribution in [0.3, 0.4) is 0 Å². The van der Waals surface area contributed by atoms with Gasteiger partial charge in [0.15, 0.2) is 5.76 Å². The van der Waals surface area contributed by atoms with E-state index < -0.39 is 0 Å². The number of benzene rings is 1. The first kappa shape index (κ1) is 13.3. The van der Waals surface area contributed by atoms with Gasteiger partial charge in [0.2, 0.25) is 5.89 Å². The zero-order valence-electron chi connectivity index (χ0n) is 12.2. The minimum Gasteiger partial charge on any atom is -0.459 e. The predicted octanol–water partition coefficient (Wildman–Crippen LogP) is 3.67. The molecule has 0 aliphatic carbocycles. The molecule has 0 N–H and O–H groups in total. The monoisotopic (exact) mass is 295 g/mol. The average Bonchev–Trinajstić information content (AvgIpc) is 3.30. The first-order chi connectivity index (χ1) is 10.9. The molecular weight excluding hydrogens is 278 g/mol. The van der Waals surface area contributed by atoms with Crippen molar-refractivity contribution < 1.29 is 8.83 Å². The molecule has 3 aromatic rings. The maximum Gasteiger partial charge on any atom is 0.283 e. The molecule has 22 heavy (non-hydrogen) atoms. The van der Waals surface area contributed by atoms with Crippen molar-refractivity contribution in [2.75, 3.05) is 6.54 Å². The van der Waals surface area contributed by atoms with E-state index in [2.05, 4.69) is 45.4 Å². The van der Waals surface area contributed by atoms with E-state index in [4.69, 9.17) is 8.83 Å². The Morgan fingerprint density at radius 3 is 2.82 bits per heavy atom. The van der Waals surface area contributed by atoms with Crippen LogP contribution in [0, 0.1) is 0 Å². The molecule has 0 unspecified atom stereocenters. The quantitative estimate of drug-likeness (QED) is 0.735. The Kier molecular flexibility index (Phi) is 3.48. The van der Waals surface area contributed by atoms with Gasteiger partial charge in [0.1, 0.15) is 0 Å². The lowest BCUT2D eigenvalue weighted by atomic mass is 10.0. The van der Waals surface area contributed by atoms with E-state index >= 15 is 0 Å². The molecule has 112 valence electrons. The molecule has 1 atom stereocenters. The van der Waals surface area contributed by atoms with E-state index in [9.17, 15) is 0 Å². The Morgan fingerprint density at radius 1 is 1.09 bits per heavy atom. The molecule has 5 heteroatoms. The number of aromatic nitrogens is 2. The van der Waals surface area contributed by atoms with E-state index in [1.807, 2.05) is 12.1 Å². The Hall–Kier alpha value is -2.40. The number of likely N-dealkylation sites (tertiary alicyclic amines) is 1. The lowest BCUT2D eigenvalue weighted by Crippen LogP contribution is -2.22. The molecule has 0 spiro atoms. The second-order valence-electron chi connectivity index (χ2n) is 5.52. The van der Waals surface area contributed by atoms with Crippen LogP contribution in [-0.2, 0) is 6.54 Å². The molecule has 2 aromatic heterocycles. The van der Waals surface area contributed by atoms with Crippen LogP contribution in [0.15, 0.2) is 57.6 Å². The standard InChI is InChI=1S/C17H17N3O2/c1-2-6-13(7-3-1)14-8-4-10-20(14)12-16-18-19-17(22-16)15-9-5-11-21-15/h1-3,5-7,9,11,14H,4,8,10,12H2/t14-/m0/s1. The van der Waals surface area contributed by atoms with Gasteiger partial charge in [-0.3, -0.25) is 4.90 Å². The van der Waals surface area contributed by atoms with Crippen LogP contribution in [0.4, 0.5) is 0 Å². The van der Waals surface area contributed by atoms with Crippen molar-refractivity contribution >= 4 is 0 Å². The van der Waals surface area contributed by atoms with Gasteiger partial charge in [-0.15, -0.1) is 10.2 Å². The number of rotatable bonds is 4. The second-order valence-corrected chi connectivity index (χ2v) is 5.52. The van der Waals surface area contributed by atoms with E-state index in [1.165, 1.54) is 18.4 Å². The topological polar surface area (TPSA) is 55.3 Å². The van der Waals surface area contributed by atoms with Gasteiger partial charge < -0.3 is 8.83 Å². The predicted molar refractivity (Wildman–Crippen MR) is 80.8 cm³/mol. The second kappa shape index (κ2) is 5.77. The van der Waals surface area contributed by atoms with Gasteiger partial charge in [0, 0.05) is 6.04 Å². The fraction of sp³-hybridized carbons (Fsp3) is 0.294. The fourth-order valence-corrected chi connectivity index (χ4v) is 3.06. The third kappa shape index (κ3) is 2.55. The summed E-state index contributed by atoms with van der Waals surface area (Å²) in [5, 5.41) is 8.21. The highest BCUT2D eigenvalue weighted by Gasteiger charge is 2.27. The van der Waals surface area contributed by atoms with Crippen molar-refractivity contribution in [1.82, 2.24) is 15.1 Å². The van der Waals surface area contributed by atoms with E-state index in [0.29, 0.717) is 30.1 Å². The minimum atomic E-state index is 0.431. The van der Waals surface area contributed by atoms with Crippen molar-refractivity contribution in [3.8, 4) is 11.7 Å². The highest BCUT2D eigenvalue weighted by Crippen LogP contribution is 2.33. The molecule has 1 saturated heterocycles. The maximum absolute atomic E-state index is 5.72. The van der Waals surface area contributed by atoms with Crippen LogP contribution in [0.1, 0.15) is 30.3 Å².